The number of rotatable bonds is 7. The number of likely N-dealkylation sites (tertiary alicyclic amines) is 1. The third-order valence-electron chi connectivity index (χ3n) is 5.59. The molecule has 0 aliphatic carbocycles. The normalized spacial score (nSPS) is 19.1. The van der Waals surface area contributed by atoms with E-state index in [0.29, 0.717) is 25.5 Å². The van der Waals surface area contributed by atoms with Crippen molar-refractivity contribution in [1.29, 1.82) is 0 Å². The lowest BCUT2D eigenvalue weighted by molar-refractivity contribution is -0.127. The van der Waals surface area contributed by atoms with Crippen LogP contribution < -0.4 is 10.1 Å². The van der Waals surface area contributed by atoms with Gasteiger partial charge in [0.15, 0.2) is 0 Å². The van der Waals surface area contributed by atoms with E-state index in [0.717, 1.165) is 22.8 Å². The van der Waals surface area contributed by atoms with Gasteiger partial charge in [-0.05, 0) is 25.1 Å². The molecule has 1 N–H and O–H groups in total. The summed E-state index contributed by atoms with van der Waals surface area (Å²) >= 11 is 0. The van der Waals surface area contributed by atoms with Crippen LogP contribution in [0, 0.1) is 12.8 Å². The molecule has 1 fully saturated rings. The summed E-state index contributed by atoms with van der Waals surface area (Å²) < 4.78 is 13.3. The largest absolute Gasteiger partial charge is 0.429 e. The first-order chi connectivity index (χ1) is 14.0. The summed E-state index contributed by atoms with van der Waals surface area (Å²) in [4.78, 5) is 14.2. The summed E-state index contributed by atoms with van der Waals surface area (Å²) in [5.74, 6) is 2.35. The minimum Gasteiger partial charge on any atom is -0.429 e. The van der Waals surface area contributed by atoms with Crippen molar-refractivity contribution in [3.05, 3.63) is 65.7 Å². The Hall–Kier alpha value is -3.06. The monoisotopic (exact) mass is 394 g/mol. The predicted octanol–water partition coefficient (Wildman–Crippen LogP) is 3.42. The SMILES string of the molecule is Cc1c([C@H]2[C@H](CNCc3ccc(Oc4ccccc4)o3)CC(=O)N2C)cnn1C. The fourth-order valence-corrected chi connectivity index (χ4v) is 3.90. The molecule has 0 bridgehead atoms. The second-order valence-electron chi connectivity index (χ2n) is 7.49. The Morgan fingerprint density at radius 2 is 2.00 bits per heavy atom. The van der Waals surface area contributed by atoms with Gasteiger partial charge >= 0.3 is 0 Å². The van der Waals surface area contributed by atoms with Crippen LogP contribution in [0.15, 0.2) is 53.1 Å². The van der Waals surface area contributed by atoms with E-state index in [1.165, 1.54) is 0 Å². The summed E-state index contributed by atoms with van der Waals surface area (Å²) in [6.45, 7) is 3.33. The molecule has 7 heteroatoms. The predicted molar refractivity (Wildman–Crippen MR) is 108 cm³/mol. The van der Waals surface area contributed by atoms with Crippen LogP contribution in [0.4, 0.5) is 0 Å². The van der Waals surface area contributed by atoms with Gasteiger partial charge in [0.05, 0.1) is 18.8 Å². The number of ether oxygens (including phenoxy) is 1. The van der Waals surface area contributed by atoms with E-state index in [-0.39, 0.29) is 17.9 Å². The van der Waals surface area contributed by atoms with Crippen LogP contribution in [0.25, 0.3) is 0 Å². The van der Waals surface area contributed by atoms with E-state index in [2.05, 4.69) is 10.4 Å². The molecule has 7 nitrogen and oxygen atoms in total. The molecule has 2 aromatic heterocycles. The van der Waals surface area contributed by atoms with Crippen LogP contribution in [0.1, 0.15) is 29.5 Å². The number of carbonyl (C=O) groups excluding carboxylic acids is 1. The van der Waals surface area contributed by atoms with Crippen molar-refractivity contribution < 1.29 is 13.9 Å². The first-order valence-corrected chi connectivity index (χ1v) is 9.79. The van der Waals surface area contributed by atoms with Crippen LogP contribution in [0.2, 0.25) is 0 Å². The van der Waals surface area contributed by atoms with Crippen molar-refractivity contribution in [2.75, 3.05) is 13.6 Å². The fourth-order valence-electron chi connectivity index (χ4n) is 3.90. The molecule has 0 unspecified atom stereocenters. The molecule has 1 aliphatic heterocycles. The summed E-state index contributed by atoms with van der Waals surface area (Å²) in [5, 5.41) is 7.78. The zero-order valence-electron chi connectivity index (χ0n) is 17.0. The number of nitrogens with zero attached hydrogens (tertiary/aromatic N) is 3. The van der Waals surface area contributed by atoms with E-state index in [4.69, 9.17) is 9.15 Å². The minimum absolute atomic E-state index is 0.0391. The quantitative estimate of drug-likeness (QED) is 0.665. The summed E-state index contributed by atoms with van der Waals surface area (Å²) in [6, 6.07) is 13.3. The average molecular weight is 394 g/mol. The summed E-state index contributed by atoms with van der Waals surface area (Å²) in [6.07, 6.45) is 2.41. The van der Waals surface area contributed by atoms with Crippen LogP contribution in [0.3, 0.4) is 0 Å². The van der Waals surface area contributed by atoms with Gasteiger partial charge in [-0.25, -0.2) is 0 Å². The number of hydrogen-bond donors (Lipinski definition) is 1. The zero-order chi connectivity index (χ0) is 20.4. The fraction of sp³-hybridized carbons (Fsp3) is 0.364. The highest BCUT2D eigenvalue weighted by molar-refractivity contribution is 5.79. The highest BCUT2D eigenvalue weighted by atomic mass is 16.6. The van der Waals surface area contributed by atoms with Crippen LogP contribution in [-0.4, -0.2) is 34.2 Å². The Labute approximate surface area is 170 Å². The second-order valence-corrected chi connectivity index (χ2v) is 7.49. The second kappa shape index (κ2) is 8.13. The Morgan fingerprint density at radius 1 is 1.21 bits per heavy atom. The van der Waals surface area contributed by atoms with Gasteiger partial charge in [-0.2, -0.15) is 5.10 Å². The molecule has 4 rings (SSSR count). The highest BCUT2D eigenvalue weighted by Gasteiger charge is 2.39. The van der Waals surface area contributed by atoms with Crippen molar-refractivity contribution in [2.45, 2.75) is 25.9 Å². The van der Waals surface area contributed by atoms with E-state index < -0.39 is 0 Å². The number of para-hydroxylation sites is 1. The maximum Gasteiger partial charge on any atom is 0.290 e. The molecule has 1 aromatic carbocycles. The molecule has 29 heavy (non-hydrogen) atoms. The number of hydrogen-bond acceptors (Lipinski definition) is 5. The lowest BCUT2D eigenvalue weighted by Gasteiger charge is -2.25. The van der Waals surface area contributed by atoms with E-state index >= 15 is 0 Å². The molecule has 1 amide bonds. The third-order valence-corrected chi connectivity index (χ3v) is 5.59. The number of aryl methyl sites for hydroxylation is 1. The van der Waals surface area contributed by atoms with Gasteiger partial charge in [-0.1, -0.05) is 18.2 Å². The van der Waals surface area contributed by atoms with Crippen molar-refractivity contribution in [3.8, 4) is 11.7 Å². The number of amides is 1. The van der Waals surface area contributed by atoms with E-state index in [9.17, 15) is 4.79 Å². The lowest BCUT2D eigenvalue weighted by atomic mass is 9.94. The van der Waals surface area contributed by atoms with Gasteiger partial charge in [0.2, 0.25) is 5.91 Å². The molecule has 0 spiro atoms. The van der Waals surface area contributed by atoms with Crippen LogP contribution in [-0.2, 0) is 18.4 Å². The summed E-state index contributed by atoms with van der Waals surface area (Å²) in [5.41, 5.74) is 2.21. The van der Waals surface area contributed by atoms with Crippen molar-refractivity contribution >= 4 is 5.91 Å². The molecular formula is C22H26N4O3. The van der Waals surface area contributed by atoms with Crippen LogP contribution >= 0.6 is 0 Å². The Morgan fingerprint density at radius 3 is 2.72 bits per heavy atom. The summed E-state index contributed by atoms with van der Waals surface area (Å²) in [7, 11) is 3.80. The Balaban J connectivity index is 1.36. The van der Waals surface area contributed by atoms with Gasteiger partial charge < -0.3 is 19.4 Å². The molecule has 1 saturated heterocycles. The first-order valence-electron chi connectivity index (χ1n) is 9.79. The lowest BCUT2D eigenvalue weighted by Crippen LogP contribution is -2.29. The zero-order valence-corrected chi connectivity index (χ0v) is 17.0. The van der Waals surface area contributed by atoms with Gasteiger partial charge in [0, 0.05) is 50.3 Å². The maximum atomic E-state index is 12.3. The molecule has 3 heterocycles. The topological polar surface area (TPSA) is 72.5 Å². The van der Waals surface area contributed by atoms with Crippen molar-refractivity contribution in [2.24, 2.45) is 13.0 Å². The molecule has 3 aromatic rings. The van der Waals surface area contributed by atoms with Gasteiger partial charge in [-0.3, -0.25) is 9.48 Å². The Kier molecular flexibility index (Phi) is 5.40. The molecule has 1 aliphatic rings. The first kappa shape index (κ1) is 19.3. The number of nitrogens with one attached hydrogen (secondary N) is 1. The molecule has 0 saturated carbocycles. The molecule has 0 radical (unpaired) electrons. The number of carbonyl (C=O) groups is 1. The molecule has 2 atom stereocenters. The van der Waals surface area contributed by atoms with Gasteiger partial charge in [-0.15, -0.1) is 0 Å². The maximum absolute atomic E-state index is 12.3. The standard InChI is InChI=1S/C22H26N4O3/c1-15-19(14-24-26(15)3)22-16(11-20(27)25(22)2)12-23-13-18-9-10-21(29-18)28-17-7-5-4-6-8-17/h4-10,14,16,22-23H,11-13H2,1-3H3/t16-,22+/m0/s1. The Bertz CT molecular complexity index is 979. The van der Waals surface area contributed by atoms with Gasteiger partial charge in [0.1, 0.15) is 11.5 Å². The van der Waals surface area contributed by atoms with Crippen molar-refractivity contribution in [1.82, 2.24) is 20.0 Å². The van der Waals surface area contributed by atoms with Gasteiger partial charge in [0.25, 0.3) is 5.95 Å². The average Bonchev–Trinajstić information content (AvgIpc) is 3.37. The van der Waals surface area contributed by atoms with E-state index in [1.807, 2.05) is 79.3 Å². The number of benzene rings is 1. The highest BCUT2D eigenvalue weighted by Crippen LogP contribution is 2.37. The van der Waals surface area contributed by atoms with Crippen molar-refractivity contribution in [3.63, 3.8) is 0 Å². The minimum atomic E-state index is 0.0391. The van der Waals surface area contributed by atoms with E-state index in [1.54, 1.807) is 0 Å². The number of furan rings is 1. The molecule has 152 valence electrons. The molecular weight excluding hydrogens is 368 g/mol. The number of aromatic nitrogens is 2. The third kappa shape index (κ3) is 4.05. The smallest absolute Gasteiger partial charge is 0.290 e. The van der Waals surface area contributed by atoms with Crippen LogP contribution in [0.5, 0.6) is 11.7 Å².